The van der Waals surface area contributed by atoms with Crippen molar-refractivity contribution in [2.45, 2.75) is 0 Å². The Morgan fingerprint density at radius 1 is 0.889 bits per heavy atom. The number of halogens is 1. The summed E-state index contributed by atoms with van der Waals surface area (Å²) in [5.41, 5.74) is 0.919. The molecule has 0 spiro atoms. The van der Waals surface area contributed by atoms with Gasteiger partial charge in [-0.25, -0.2) is 14.1 Å². The van der Waals surface area contributed by atoms with Crippen LogP contribution < -0.4 is 20.7 Å². The van der Waals surface area contributed by atoms with Crippen LogP contribution >= 0.6 is 0 Å². The van der Waals surface area contributed by atoms with Crippen molar-refractivity contribution in [2.24, 2.45) is 0 Å². The fraction of sp³-hybridized carbons (Fsp3) is 0.0769. The number of para-hydroxylation sites is 3. The van der Waals surface area contributed by atoms with Gasteiger partial charge in [0, 0.05) is 11.3 Å². The smallest absolute Gasteiger partial charge is 0.329 e. The van der Waals surface area contributed by atoms with E-state index in [-0.39, 0.29) is 23.9 Å². The number of nitrogens with zero attached hydrogens (tertiary/aromatic N) is 1. The molecule has 0 aliphatic carbocycles. The molecule has 1 aliphatic heterocycles. The highest BCUT2D eigenvalue weighted by Gasteiger charge is 2.35. The zero-order chi connectivity index (χ0) is 25.5. The summed E-state index contributed by atoms with van der Waals surface area (Å²) in [5, 5.41) is 7.45. The summed E-state index contributed by atoms with van der Waals surface area (Å²) in [5.74, 6) is -2.18. The van der Waals surface area contributed by atoms with E-state index in [1.807, 2.05) is 6.07 Å². The number of ether oxygens (including phenoxy) is 1. The van der Waals surface area contributed by atoms with E-state index in [2.05, 4.69) is 16.0 Å². The van der Waals surface area contributed by atoms with Gasteiger partial charge in [-0.05, 0) is 36.4 Å². The molecule has 0 radical (unpaired) electrons. The number of nitrogens with one attached hydrogen (secondary N) is 3. The van der Waals surface area contributed by atoms with Crippen LogP contribution in [0.25, 0.3) is 6.08 Å². The molecule has 3 aromatic carbocycles. The SMILES string of the molecule is O=C(COc1ccccc1/C=C1/NC(=O)N(CC(=O)Nc2ccccc2F)C1=O)Nc1ccccc1. The number of carbonyl (C=O) groups is 4. The van der Waals surface area contributed by atoms with E-state index in [1.54, 1.807) is 48.5 Å². The standard InChI is InChI=1S/C26H21FN4O5/c27-19-11-5-6-12-20(19)29-23(32)15-31-25(34)21(30-26(31)35)14-17-8-4-7-13-22(17)36-16-24(33)28-18-9-2-1-3-10-18/h1-14H,15-16H2,(H,28,33)(H,29,32)(H,30,35)/b21-14+. The van der Waals surface area contributed by atoms with Gasteiger partial charge in [0.25, 0.3) is 11.8 Å². The van der Waals surface area contributed by atoms with E-state index in [4.69, 9.17) is 4.74 Å². The van der Waals surface area contributed by atoms with Gasteiger partial charge in [0.2, 0.25) is 5.91 Å². The molecule has 10 heteroatoms. The summed E-state index contributed by atoms with van der Waals surface area (Å²) in [6.07, 6.45) is 1.39. The Morgan fingerprint density at radius 2 is 1.58 bits per heavy atom. The second-order valence-corrected chi connectivity index (χ2v) is 7.65. The zero-order valence-electron chi connectivity index (χ0n) is 18.9. The predicted molar refractivity (Wildman–Crippen MR) is 130 cm³/mol. The maximum Gasteiger partial charge on any atom is 0.329 e. The number of hydrogen-bond donors (Lipinski definition) is 3. The fourth-order valence-corrected chi connectivity index (χ4v) is 3.36. The maximum atomic E-state index is 13.8. The molecule has 1 fully saturated rings. The van der Waals surface area contributed by atoms with Gasteiger partial charge in [0.15, 0.2) is 6.61 Å². The number of amides is 5. The van der Waals surface area contributed by atoms with E-state index in [0.29, 0.717) is 21.9 Å². The first-order valence-corrected chi connectivity index (χ1v) is 10.9. The topological polar surface area (TPSA) is 117 Å². The summed E-state index contributed by atoms with van der Waals surface area (Å²) in [6, 6.07) is 20.3. The fourth-order valence-electron chi connectivity index (χ4n) is 3.36. The monoisotopic (exact) mass is 488 g/mol. The van der Waals surface area contributed by atoms with E-state index in [0.717, 1.165) is 0 Å². The Bertz CT molecular complexity index is 1340. The number of urea groups is 1. The zero-order valence-corrected chi connectivity index (χ0v) is 18.9. The van der Waals surface area contributed by atoms with E-state index >= 15 is 0 Å². The number of benzene rings is 3. The molecule has 0 aromatic heterocycles. The van der Waals surface area contributed by atoms with Crippen LogP contribution in [0.1, 0.15) is 5.56 Å². The first-order valence-electron chi connectivity index (χ1n) is 10.9. The van der Waals surface area contributed by atoms with E-state index < -0.39 is 30.2 Å². The second-order valence-electron chi connectivity index (χ2n) is 7.65. The molecule has 0 unspecified atom stereocenters. The average Bonchev–Trinajstić information content (AvgIpc) is 3.13. The molecule has 4 rings (SSSR count). The van der Waals surface area contributed by atoms with Crippen molar-refractivity contribution in [3.8, 4) is 5.75 Å². The molecule has 3 aromatic rings. The summed E-state index contributed by atoms with van der Waals surface area (Å²) >= 11 is 0. The summed E-state index contributed by atoms with van der Waals surface area (Å²) < 4.78 is 19.4. The van der Waals surface area contributed by atoms with Crippen LogP contribution in [0.2, 0.25) is 0 Å². The summed E-state index contributed by atoms with van der Waals surface area (Å²) in [7, 11) is 0. The molecular formula is C26H21FN4O5. The Hall–Kier alpha value is -4.99. The van der Waals surface area contributed by atoms with E-state index in [9.17, 15) is 23.6 Å². The van der Waals surface area contributed by atoms with Gasteiger partial charge in [-0.1, -0.05) is 48.5 Å². The average molecular weight is 488 g/mol. The summed E-state index contributed by atoms with van der Waals surface area (Å²) in [4.78, 5) is 50.3. The predicted octanol–water partition coefficient (Wildman–Crippen LogP) is 3.37. The molecular weight excluding hydrogens is 467 g/mol. The first kappa shape index (κ1) is 24.1. The minimum atomic E-state index is -0.796. The lowest BCUT2D eigenvalue weighted by atomic mass is 10.1. The van der Waals surface area contributed by atoms with Crippen LogP contribution in [0.4, 0.5) is 20.6 Å². The molecule has 0 atom stereocenters. The van der Waals surface area contributed by atoms with Gasteiger partial charge >= 0.3 is 6.03 Å². The summed E-state index contributed by atoms with van der Waals surface area (Å²) in [6.45, 7) is -0.883. The van der Waals surface area contributed by atoms with Gasteiger partial charge in [-0.2, -0.15) is 0 Å². The van der Waals surface area contributed by atoms with Crippen molar-refractivity contribution in [1.29, 1.82) is 0 Å². The van der Waals surface area contributed by atoms with Gasteiger partial charge in [0.05, 0.1) is 5.69 Å². The molecule has 3 N–H and O–H groups in total. The van der Waals surface area contributed by atoms with Crippen molar-refractivity contribution in [1.82, 2.24) is 10.2 Å². The van der Waals surface area contributed by atoms with Crippen molar-refractivity contribution in [3.05, 3.63) is 95.9 Å². The lowest BCUT2D eigenvalue weighted by Crippen LogP contribution is -2.38. The Balaban J connectivity index is 1.41. The Labute approximate surface area is 205 Å². The van der Waals surface area contributed by atoms with E-state index in [1.165, 1.54) is 30.3 Å². The van der Waals surface area contributed by atoms with Gasteiger partial charge in [-0.3, -0.25) is 14.4 Å². The number of carbonyl (C=O) groups excluding carboxylic acids is 4. The van der Waals surface area contributed by atoms with Crippen LogP contribution in [-0.2, 0) is 14.4 Å². The van der Waals surface area contributed by atoms with Crippen molar-refractivity contribution in [2.75, 3.05) is 23.8 Å². The molecule has 9 nitrogen and oxygen atoms in total. The minimum absolute atomic E-state index is 0.0623. The van der Waals surface area contributed by atoms with Crippen LogP contribution in [0, 0.1) is 5.82 Å². The molecule has 0 bridgehead atoms. The van der Waals surface area contributed by atoms with Crippen molar-refractivity contribution in [3.63, 3.8) is 0 Å². The van der Waals surface area contributed by atoms with Crippen LogP contribution in [0.3, 0.4) is 0 Å². The molecule has 1 saturated heterocycles. The minimum Gasteiger partial charge on any atom is -0.483 e. The molecule has 1 heterocycles. The molecule has 36 heavy (non-hydrogen) atoms. The van der Waals surface area contributed by atoms with Gasteiger partial charge in [-0.15, -0.1) is 0 Å². The highest BCUT2D eigenvalue weighted by molar-refractivity contribution is 6.16. The second kappa shape index (κ2) is 11.0. The number of rotatable bonds is 8. The molecule has 182 valence electrons. The number of imide groups is 1. The highest BCUT2D eigenvalue weighted by Crippen LogP contribution is 2.23. The third kappa shape index (κ3) is 5.92. The number of anilines is 2. The Kier molecular flexibility index (Phi) is 7.35. The van der Waals surface area contributed by atoms with Gasteiger partial charge < -0.3 is 20.7 Å². The van der Waals surface area contributed by atoms with Gasteiger partial charge in [0.1, 0.15) is 23.8 Å². The lowest BCUT2D eigenvalue weighted by molar-refractivity contribution is -0.127. The third-order valence-corrected chi connectivity index (χ3v) is 5.05. The van der Waals surface area contributed by atoms with Crippen molar-refractivity contribution >= 4 is 41.2 Å². The van der Waals surface area contributed by atoms with Crippen LogP contribution in [-0.4, -0.2) is 41.8 Å². The molecule has 1 aliphatic rings. The first-order chi connectivity index (χ1) is 17.4. The highest BCUT2D eigenvalue weighted by atomic mass is 19.1. The normalized spacial score (nSPS) is 13.9. The van der Waals surface area contributed by atoms with Crippen LogP contribution in [0.15, 0.2) is 84.6 Å². The Morgan fingerprint density at radius 3 is 2.36 bits per heavy atom. The molecule has 5 amide bonds. The van der Waals surface area contributed by atoms with Crippen molar-refractivity contribution < 1.29 is 28.3 Å². The number of hydrogen-bond acceptors (Lipinski definition) is 5. The third-order valence-electron chi connectivity index (χ3n) is 5.05. The quantitative estimate of drug-likeness (QED) is 0.332. The van der Waals surface area contributed by atoms with Crippen LogP contribution in [0.5, 0.6) is 5.75 Å². The molecule has 0 saturated carbocycles. The largest absolute Gasteiger partial charge is 0.483 e. The lowest BCUT2D eigenvalue weighted by Gasteiger charge is -2.12. The maximum absolute atomic E-state index is 13.8.